The molecule has 3 rings (SSSR count). The third kappa shape index (κ3) is 4.17. The van der Waals surface area contributed by atoms with Gasteiger partial charge in [-0.2, -0.15) is 9.42 Å². The lowest BCUT2D eigenvalue weighted by atomic mass is 10.2. The molecule has 0 radical (unpaired) electrons. The molecular formula is C17H17Cl2N3O3S. The van der Waals surface area contributed by atoms with Crippen LogP contribution in [0.2, 0.25) is 10.0 Å². The van der Waals surface area contributed by atoms with Gasteiger partial charge in [-0.05, 0) is 49.2 Å². The van der Waals surface area contributed by atoms with Crippen molar-refractivity contribution in [2.45, 2.75) is 24.2 Å². The number of benzene rings is 2. The van der Waals surface area contributed by atoms with Crippen LogP contribution in [0.3, 0.4) is 0 Å². The van der Waals surface area contributed by atoms with Crippen molar-refractivity contribution in [3.63, 3.8) is 0 Å². The summed E-state index contributed by atoms with van der Waals surface area (Å²) in [6, 6.07) is 8.96. The van der Waals surface area contributed by atoms with Crippen molar-refractivity contribution in [1.82, 2.24) is 4.31 Å². The lowest BCUT2D eigenvalue weighted by Crippen LogP contribution is -2.35. The Hall–Kier alpha value is -1.67. The number of sulfonamides is 1. The smallest absolute Gasteiger partial charge is 0.243 e. The summed E-state index contributed by atoms with van der Waals surface area (Å²) in [4.78, 5) is 0.229. The minimum Gasteiger partial charge on any atom is -0.504 e. The maximum absolute atomic E-state index is 12.6. The highest BCUT2D eigenvalue weighted by atomic mass is 35.5. The maximum atomic E-state index is 12.6. The van der Waals surface area contributed by atoms with Crippen LogP contribution in [0.15, 0.2) is 51.5 Å². The van der Waals surface area contributed by atoms with Crippen LogP contribution in [0.25, 0.3) is 0 Å². The number of piperidine rings is 1. The minimum atomic E-state index is -3.48. The molecule has 26 heavy (non-hydrogen) atoms. The van der Waals surface area contributed by atoms with Gasteiger partial charge in [-0.25, -0.2) is 8.42 Å². The van der Waals surface area contributed by atoms with Gasteiger partial charge in [-0.1, -0.05) is 29.6 Å². The summed E-state index contributed by atoms with van der Waals surface area (Å²) in [6.07, 6.45) is 2.83. The van der Waals surface area contributed by atoms with Crippen molar-refractivity contribution >= 4 is 44.6 Å². The summed E-state index contributed by atoms with van der Waals surface area (Å²) in [5.41, 5.74) is 0.575. The molecule has 1 N–H and O–H groups in total. The molecule has 0 spiro atoms. The Morgan fingerprint density at radius 1 is 0.962 bits per heavy atom. The number of aromatic hydroxyl groups is 1. The standard InChI is InChI=1S/C17H17Cl2N3O3S/c18-12-10-15(19)17(23)16(11-12)21-20-13-4-6-14(7-5-13)26(24,25)22-8-2-1-3-9-22/h4-7,10-11,23H,1-3,8-9H2. The summed E-state index contributed by atoms with van der Waals surface area (Å²) >= 11 is 11.7. The van der Waals surface area contributed by atoms with Gasteiger partial charge in [0, 0.05) is 18.1 Å². The fourth-order valence-electron chi connectivity index (χ4n) is 2.68. The molecule has 2 aromatic carbocycles. The topological polar surface area (TPSA) is 82.3 Å². The first-order valence-corrected chi connectivity index (χ1v) is 10.3. The van der Waals surface area contributed by atoms with Crippen LogP contribution in [0.5, 0.6) is 5.75 Å². The predicted molar refractivity (Wildman–Crippen MR) is 101 cm³/mol. The van der Waals surface area contributed by atoms with Gasteiger partial charge in [0.15, 0.2) is 5.75 Å². The number of hydrogen-bond donors (Lipinski definition) is 1. The van der Waals surface area contributed by atoms with Gasteiger partial charge in [0.2, 0.25) is 10.0 Å². The molecule has 1 aliphatic rings. The van der Waals surface area contributed by atoms with Gasteiger partial charge in [0.1, 0.15) is 5.69 Å². The molecule has 1 saturated heterocycles. The molecule has 2 aromatic rings. The fraction of sp³-hybridized carbons (Fsp3) is 0.294. The normalized spacial score (nSPS) is 16.2. The summed E-state index contributed by atoms with van der Waals surface area (Å²) in [5, 5.41) is 18.2. The van der Waals surface area contributed by atoms with E-state index < -0.39 is 10.0 Å². The second-order valence-corrected chi connectivity index (χ2v) is 8.70. The zero-order valence-corrected chi connectivity index (χ0v) is 16.1. The number of phenolic OH excluding ortho intramolecular Hbond substituents is 1. The number of phenols is 1. The first kappa shape index (κ1) is 19.1. The van der Waals surface area contributed by atoms with Gasteiger partial charge in [-0.15, -0.1) is 5.11 Å². The zero-order chi connectivity index (χ0) is 18.7. The quantitative estimate of drug-likeness (QED) is 0.691. The van der Waals surface area contributed by atoms with Gasteiger partial charge < -0.3 is 5.11 Å². The molecule has 0 aromatic heterocycles. The van der Waals surface area contributed by atoms with Crippen molar-refractivity contribution in [1.29, 1.82) is 0 Å². The second kappa shape index (κ2) is 7.92. The van der Waals surface area contributed by atoms with Crippen LogP contribution in [0.1, 0.15) is 19.3 Å². The first-order chi connectivity index (χ1) is 12.4. The van der Waals surface area contributed by atoms with Gasteiger partial charge >= 0.3 is 0 Å². The molecule has 0 bridgehead atoms. The molecule has 1 heterocycles. The molecule has 1 fully saturated rings. The Balaban J connectivity index is 1.80. The lowest BCUT2D eigenvalue weighted by Gasteiger charge is -2.25. The number of azo groups is 1. The van der Waals surface area contributed by atoms with Crippen molar-refractivity contribution in [3.8, 4) is 5.75 Å². The molecule has 138 valence electrons. The van der Waals surface area contributed by atoms with Crippen LogP contribution in [-0.2, 0) is 10.0 Å². The summed E-state index contributed by atoms with van der Waals surface area (Å²) < 4.78 is 26.7. The van der Waals surface area contributed by atoms with Crippen molar-refractivity contribution in [3.05, 3.63) is 46.4 Å². The van der Waals surface area contributed by atoms with E-state index in [0.29, 0.717) is 23.8 Å². The highest BCUT2D eigenvalue weighted by molar-refractivity contribution is 7.89. The number of hydrogen-bond acceptors (Lipinski definition) is 5. The highest BCUT2D eigenvalue weighted by Gasteiger charge is 2.25. The SMILES string of the molecule is O=S(=O)(c1ccc(N=Nc2cc(Cl)cc(Cl)c2O)cc1)N1CCCCC1. The van der Waals surface area contributed by atoms with Crippen LogP contribution >= 0.6 is 23.2 Å². The molecule has 9 heteroatoms. The van der Waals surface area contributed by atoms with Crippen LogP contribution < -0.4 is 0 Å². The van der Waals surface area contributed by atoms with Crippen molar-refractivity contribution in [2.24, 2.45) is 10.2 Å². The Kier molecular flexibility index (Phi) is 5.82. The van der Waals surface area contributed by atoms with Crippen LogP contribution in [-0.4, -0.2) is 30.9 Å². The zero-order valence-electron chi connectivity index (χ0n) is 13.8. The molecule has 0 aliphatic carbocycles. The number of nitrogens with zero attached hydrogens (tertiary/aromatic N) is 3. The van der Waals surface area contributed by atoms with E-state index in [9.17, 15) is 13.5 Å². The monoisotopic (exact) mass is 413 g/mol. The summed E-state index contributed by atoms with van der Waals surface area (Å²) in [7, 11) is -3.48. The second-order valence-electron chi connectivity index (χ2n) is 5.91. The molecule has 0 unspecified atom stereocenters. The Labute approximate surface area is 162 Å². The van der Waals surface area contributed by atoms with E-state index in [1.54, 1.807) is 12.1 Å². The third-order valence-corrected chi connectivity index (χ3v) is 6.49. The Morgan fingerprint density at radius 3 is 2.27 bits per heavy atom. The summed E-state index contributed by atoms with van der Waals surface area (Å²) in [6.45, 7) is 1.11. The van der Waals surface area contributed by atoms with E-state index >= 15 is 0 Å². The van der Waals surface area contributed by atoms with E-state index in [0.717, 1.165) is 19.3 Å². The van der Waals surface area contributed by atoms with Gasteiger partial charge in [-0.3, -0.25) is 0 Å². The summed E-state index contributed by atoms with van der Waals surface area (Å²) in [5.74, 6) is -0.218. The Morgan fingerprint density at radius 2 is 1.62 bits per heavy atom. The van der Waals surface area contributed by atoms with Gasteiger partial charge in [0.25, 0.3) is 0 Å². The van der Waals surface area contributed by atoms with E-state index in [1.807, 2.05) is 0 Å². The molecule has 0 saturated carbocycles. The van der Waals surface area contributed by atoms with E-state index in [4.69, 9.17) is 23.2 Å². The molecule has 0 atom stereocenters. The largest absolute Gasteiger partial charge is 0.504 e. The van der Waals surface area contributed by atoms with Crippen LogP contribution in [0, 0.1) is 0 Å². The first-order valence-electron chi connectivity index (χ1n) is 8.08. The predicted octanol–water partition coefficient (Wildman–Crippen LogP) is 5.29. The van der Waals surface area contributed by atoms with E-state index in [1.165, 1.54) is 28.6 Å². The number of halogens is 2. The number of rotatable bonds is 4. The average molecular weight is 414 g/mol. The van der Waals surface area contributed by atoms with Gasteiger partial charge in [0.05, 0.1) is 15.6 Å². The Bertz CT molecular complexity index is 925. The average Bonchev–Trinajstić information content (AvgIpc) is 2.64. The molecule has 1 aliphatic heterocycles. The molecule has 6 nitrogen and oxygen atoms in total. The molecular weight excluding hydrogens is 397 g/mol. The lowest BCUT2D eigenvalue weighted by molar-refractivity contribution is 0.346. The fourth-order valence-corrected chi connectivity index (χ4v) is 4.68. The van der Waals surface area contributed by atoms with Crippen LogP contribution in [0.4, 0.5) is 11.4 Å². The van der Waals surface area contributed by atoms with Crippen molar-refractivity contribution < 1.29 is 13.5 Å². The van der Waals surface area contributed by atoms with E-state index in [2.05, 4.69) is 10.2 Å². The highest BCUT2D eigenvalue weighted by Crippen LogP contribution is 2.37. The van der Waals surface area contributed by atoms with E-state index in [-0.39, 0.29) is 21.4 Å². The molecule has 0 amide bonds. The minimum absolute atomic E-state index is 0.0782. The maximum Gasteiger partial charge on any atom is 0.243 e. The third-order valence-electron chi connectivity index (χ3n) is 4.07. The van der Waals surface area contributed by atoms with Crippen molar-refractivity contribution in [2.75, 3.05) is 13.1 Å².